The Balaban J connectivity index is 2.65. The Morgan fingerprint density at radius 3 is 2.50 bits per heavy atom. The minimum Gasteiger partial charge on any atom is -0.388 e. The highest BCUT2D eigenvalue weighted by Gasteiger charge is 2.14. The van der Waals surface area contributed by atoms with Crippen molar-refractivity contribution in [2.24, 2.45) is 5.73 Å². The third kappa shape index (κ3) is 6.07. The number of amidine groups is 1. The van der Waals surface area contributed by atoms with Crippen LogP contribution in [-0.4, -0.2) is 32.0 Å². The maximum atomic E-state index is 11.1. The molecule has 0 fully saturated rings. The number of thioether (sulfide) groups is 1. The van der Waals surface area contributed by atoms with Gasteiger partial charge < -0.3 is 5.73 Å². The average Bonchev–Trinajstić information content (AvgIpc) is 2.27. The van der Waals surface area contributed by atoms with Gasteiger partial charge in [0.05, 0.1) is 11.6 Å². The second-order valence-electron chi connectivity index (χ2n) is 4.13. The first kappa shape index (κ1) is 15.0. The fraction of sp³-hybridized carbons (Fsp3) is 0.417. The van der Waals surface area contributed by atoms with Crippen LogP contribution in [0.4, 0.5) is 0 Å². The first-order valence-electron chi connectivity index (χ1n) is 5.55. The van der Waals surface area contributed by atoms with Crippen molar-refractivity contribution in [3.8, 4) is 0 Å². The molecule has 1 rings (SSSR count). The van der Waals surface area contributed by atoms with E-state index in [1.165, 1.54) is 18.0 Å². The summed E-state index contributed by atoms with van der Waals surface area (Å²) < 4.78 is 22.2. The number of benzene rings is 1. The Morgan fingerprint density at radius 2 is 2.00 bits per heavy atom. The molecule has 1 unspecified atom stereocenters. The number of nitrogens with two attached hydrogens (primary N) is 1. The summed E-state index contributed by atoms with van der Waals surface area (Å²) in [6, 6.07) is 9.73. The van der Waals surface area contributed by atoms with Gasteiger partial charge in [0.25, 0.3) is 0 Å². The molecular weight excluding hydrogens is 268 g/mol. The minimum atomic E-state index is -2.94. The van der Waals surface area contributed by atoms with Gasteiger partial charge in [0, 0.05) is 23.7 Å². The molecule has 1 aromatic carbocycles. The van der Waals surface area contributed by atoms with E-state index in [1.807, 2.05) is 30.3 Å². The number of hydrogen-bond acceptors (Lipinski definition) is 4. The van der Waals surface area contributed by atoms with Crippen molar-refractivity contribution >= 4 is 27.4 Å². The molecule has 1 atom stereocenters. The first-order valence-corrected chi connectivity index (χ1v) is 8.66. The van der Waals surface area contributed by atoms with Gasteiger partial charge in [0.1, 0.15) is 9.84 Å². The fourth-order valence-corrected chi connectivity index (χ4v) is 4.01. The van der Waals surface area contributed by atoms with Crippen LogP contribution in [0.1, 0.15) is 17.2 Å². The topological polar surface area (TPSA) is 84.0 Å². The van der Waals surface area contributed by atoms with Crippen LogP contribution in [0.25, 0.3) is 0 Å². The molecule has 4 nitrogen and oxygen atoms in total. The van der Waals surface area contributed by atoms with Gasteiger partial charge in [0.2, 0.25) is 0 Å². The van der Waals surface area contributed by atoms with Crippen LogP contribution in [0.2, 0.25) is 0 Å². The summed E-state index contributed by atoms with van der Waals surface area (Å²) in [5.41, 5.74) is 6.52. The summed E-state index contributed by atoms with van der Waals surface area (Å²) in [4.78, 5) is 0. The van der Waals surface area contributed by atoms with E-state index in [-0.39, 0.29) is 16.8 Å². The van der Waals surface area contributed by atoms with Crippen LogP contribution >= 0.6 is 11.8 Å². The molecule has 0 aromatic heterocycles. The summed E-state index contributed by atoms with van der Waals surface area (Å²) >= 11 is 1.53. The monoisotopic (exact) mass is 286 g/mol. The van der Waals surface area contributed by atoms with Crippen molar-refractivity contribution < 1.29 is 8.42 Å². The van der Waals surface area contributed by atoms with E-state index in [0.717, 1.165) is 5.56 Å². The number of rotatable bonds is 7. The normalized spacial score (nSPS) is 13.2. The van der Waals surface area contributed by atoms with Crippen molar-refractivity contribution in [1.29, 1.82) is 5.41 Å². The van der Waals surface area contributed by atoms with Crippen molar-refractivity contribution in [2.75, 3.05) is 17.8 Å². The predicted octanol–water partition coefficient (Wildman–Crippen LogP) is 1.83. The zero-order chi connectivity index (χ0) is 13.6. The second-order valence-corrected chi connectivity index (χ2v) is 7.70. The van der Waals surface area contributed by atoms with E-state index in [2.05, 4.69) is 0 Å². The summed E-state index contributed by atoms with van der Waals surface area (Å²) in [5.74, 6) is 0.792. The third-order valence-electron chi connectivity index (χ3n) is 2.35. The molecule has 0 aliphatic heterocycles. The Labute approximate surface area is 112 Å². The van der Waals surface area contributed by atoms with Crippen LogP contribution in [0, 0.1) is 5.41 Å². The molecule has 0 saturated carbocycles. The van der Waals surface area contributed by atoms with Gasteiger partial charge in [-0.25, -0.2) is 8.42 Å². The maximum absolute atomic E-state index is 11.1. The zero-order valence-corrected chi connectivity index (χ0v) is 11.9. The molecule has 0 radical (unpaired) electrons. The van der Waals surface area contributed by atoms with E-state index < -0.39 is 9.84 Å². The van der Waals surface area contributed by atoms with Crippen molar-refractivity contribution in [3.05, 3.63) is 35.9 Å². The Bertz CT molecular complexity index is 486. The molecule has 18 heavy (non-hydrogen) atoms. The van der Waals surface area contributed by atoms with Crippen molar-refractivity contribution in [2.45, 2.75) is 11.7 Å². The van der Waals surface area contributed by atoms with E-state index in [4.69, 9.17) is 11.1 Å². The number of sulfone groups is 1. The molecule has 6 heteroatoms. The lowest BCUT2D eigenvalue weighted by molar-refractivity contribution is 0.603. The van der Waals surface area contributed by atoms with Crippen molar-refractivity contribution in [1.82, 2.24) is 0 Å². The van der Waals surface area contributed by atoms with Crippen LogP contribution in [0.5, 0.6) is 0 Å². The number of nitrogens with one attached hydrogen (secondary N) is 1. The molecular formula is C12H18N2O2S2. The molecule has 0 amide bonds. The van der Waals surface area contributed by atoms with Gasteiger partial charge >= 0.3 is 0 Å². The zero-order valence-electron chi connectivity index (χ0n) is 10.3. The Morgan fingerprint density at radius 1 is 1.39 bits per heavy atom. The van der Waals surface area contributed by atoms with E-state index in [1.54, 1.807) is 0 Å². The summed E-state index contributed by atoms with van der Waals surface area (Å²) in [7, 11) is -2.94. The molecule has 0 spiro atoms. The lowest BCUT2D eigenvalue weighted by Gasteiger charge is -2.16. The van der Waals surface area contributed by atoms with Gasteiger partial charge in [-0.3, -0.25) is 5.41 Å². The fourth-order valence-electron chi connectivity index (χ4n) is 1.48. The van der Waals surface area contributed by atoms with E-state index in [0.29, 0.717) is 12.2 Å². The molecule has 0 bridgehead atoms. The lowest BCUT2D eigenvalue weighted by atomic mass is 10.1. The second kappa shape index (κ2) is 6.80. The average molecular weight is 286 g/mol. The number of hydrogen-bond donors (Lipinski definition) is 2. The van der Waals surface area contributed by atoms with Crippen LogP contribution < -0.4 is 5.73 Å². The van der Waals surface area contributed by atoms with Gasteiger partial charge in [-0.1, -0.05) is 30.3 Å². The van der Waals surface area contributed by atoms with Gasteiger partial charge in [-0.05, 0) is 5.56 Å². The summed E-state index contributed by atoms with van der Waals surface area (Å²) in [6.07, 6.45) is 1.68. The molecule has 0 heterocycles. The molecule has 0 aliphatic rings. The van der Waals surface area contributed by atoms with Crippen LogP contribution in [0.3, 0.4) is 0 Å². The maximum Gasteiger partial charge on any atom is 0.148 e. The van der Waals surface area contributed by atoms with Gasteiger partial charge in [0.15, 0.2) is 0 Å². The third-order valence-corrected chi connectivity index (χ3v) is 4.83. The molecule has 0 aliphatic carbocycles. The van der Waals surface area contributed by atoms with Crippen molar-refractivity contribution in [3.63, 3.8) is 0 Å². The van der Waals surface area contributed by atoms with Gasteiger partial charge in [-0.15, -0.1) is 0 Å². The molecule has 100 valence electrons. The minimum absolute atomic E-state index is 0.0467. The van der Waals surface area contributed by atoms with Crippen LogP contribution in [-0.2, 0) is 9.84 Å². The molecule has 3 N–H and O–H groups in total. The smallest absolute Gasteiger partial charge is 0.148 e. The molecule has 0 saturated heterocycles. The first-order chi connectivity index (χ1) is 8.38. The summed E-state index contributed by atoms with van der Waals surface area (Å²) in [6.45, 7) is 0. The largest absolute Gasteiger partial charge is 0.388 e. The Hall–Kier alpha value is -1.01. The Kier molecular flexibility index (Phi) is 5.68. The van der Waals surface area contributed by atoms with Gasteiger partial charge in [-0.2, -0.15) is 11.8 Å². The SMILES string of the molecule is CS(=O)(=O)CCSC(CC(=N)N)c1ccccc1. The van der Waals surface area contributed by atoms with E-state index in [9.17, 15) is 8.42 Å². The van der Waals surface area contributed by atoms with Crippen LogP contribution in [0.15, 0.2) is 30.3 Å². The highest BCUT2D eigenvalue weighted by molar-refractivity contribution is 8.00. The summed E-state index contributed by atoms with van der Waals surface area (Å²) in [5, 5.41) is 7.43. The lowest BCUT2D eigenvalue weighted by Crippen LogP contribution is -2.14. The van der Waals surface area contributed by atoms with E-state index >= 15 is 0 Å². The highest BCUT2D eigenvalue weighted by Crippen LogP contribution is 2.31. The molecule has 1 aromatic rings. The standard InChI is InChI=1S/C12H18N2O2S2/c1-18(15,16)8-7-17-11(9-12(13)14)10-5-3-2-4-6-10/h2-6,11H,7-9H2,1H3,(H3,13,14). The quantitative estimate of drug-likeness (QED) is 0.591. The highest BCUT2D eigenvalue weighted by atomic mass is 32.2. The predicted molar refractivity (Wildman–Crippen MR) is 77.9 cm³/mol.